The molecule has 0 saturated carbocycles. The van der Waals surface area contributed by atoms with Crippen LogP contribution in [0, 0.1) is 5.82 Å². The number of hydrogen-bond acceptors (Lipinski definition) is 4. The number of nitrogens with zero attached hydrogens (tertiary/aromatic N) is 3. The first-order chi connectivity index (χ1) is 13.1. The van der Waals surface area contributed by atoms with Gasteiger partial charge in [-0.05, 0) is 37.1 Å². The van der Waals surface area contributed by atoms with Crippen LogP contribution in [0.25, 0.3) is 0 Å². The molecule has 7 heteroatoms. The third kappa shape index (κ3) is 6.16. The van der Waals surface area contributed by atoms with Crippen LogP contribution in [0.5, 0.6) is 0 Å². The van der Waals surface area contributed by atoms with E-state index in [0.717, 1.165) is 77.4 Å². The van der Waals surface area contributed by atoms with Crippen LogP contribution in [0.2, 0.25) is 0 Å². The molecule has 0 aliphatic carbocycles. The van der Waals surface area contributed by atoms with E-state index in [1.807, 2.05) is 17.0 Å². The molecule has 1 atom stereocenters. The molecule has 150 valence electrons. The highest BCUT2D eigenvalue weighted by molar-refractivity contribution is 5.74. The van der Waals surface area contributed by atoms with Crippen molar-refractivity contribution in [2.45, 2.75) is 25.4 Å². The first-order valence-electron chi connectivity index (χ1n) is 9.87. The standard InChI is InChI=1S/C20H31FN4O2/c1-27-14-13-23-9-11-25(12-10-23)20(26)22-19-3-2-8-24(16-19)15-17-4-6-18(21)7-5-17/h4-7,19H,2-3,8-16H2,1H3,(H,22,26)/t19-/m0/s1. The monoisotopic (exact) mass is 378 g/mol. The Morgan fingerprint density at radius 3 is 2.59 bits per heavy atom. The van der Waals surface area contributed by atoms with Crippen molar-refractivity contribution in [3.8, 4) is 0 Å². The summed E-state index contributed by atoms with van der Waals surface area (Å²) in [5.74, 6) is -0.204. The van der Waals surface area contributed by atoms with Crippen LogP contribution in [0.4, 0.5) is 9.18 Å². The maximum absolute atomic E-state index is 13.1. The second-order valence-corrected chi connectivity index (χ2v) is 7.47. The predicted molar refractivity (Wildman–Crippen MR) is 103 cm³/mol. The van der Waals surface area contributed by atoms with Gasteiger partial charge in [0.15, 0.2) is 0 Å². The van der Waals surface area contributed by atoms with Gasteiger partial charge in [-0.2, -0.15) is 0 Å². The number of halogens is 1. The van der Waals surface area contributed by atoms with Gasteiger partial charge in [-0.3, -0.25) is 9.80 Å². The van der Waals surface area contributed by atoms with Crippen LogP contribution in [-0.4, -0.2) is 86.3 Å². The van der Waals surface area contributed by atoms with Crippen molar-refractivity contribution in [1.29, 1.82) is 0 Å². The Morgan fingerprint density at radius 2 is 1.89 bits per heavy atom. The van der Waals surface area contributed by atoms with Gasteiger partial charge >= 0.3 is 6.03 Å². The highest BCUT2D eigenvalue weighted by Gasteiger charge is 2.25. The third-order valence-corrected chi connectivity index (χ3v) is 5.42. The minimum atomic E-state index is -0.204. The number of ether oxygens (including phenoxy) is 1. The quantitative estimate of drug-likeness (QED) is 0.820. The van der Waals surface area contributed by atoms with Gasteiger partial charge in [0.05, 0.1) is 6.61 Å². The summed E-state index contributed by atoms with van der Waals surface area (Å²) in [4.78, 5) is 19.2. The van der Waals surface area contributed by atoms with Gasteiger partial charge in [-0.25, -0.2) is 9.18 Å². The number of benzene rings is 1. The Balaban J connectivity index is 1.42. The highest BCUT2D eigenvalue weighted by Crippen LogP contribution is 2.15. The third-order valence-electron chi connectivity index (χ3n) is 5.42. The molecule has 0 unspecified atom stereocenters. The van der Waals surface area contributed by atoms with Gasteiger partial charge in [-0.1, -0.05) is 12.1 Å². The molecule has 0 radical (unpaired) electrons. The van der Waals surface area contributed by atoms with E-state index in [4.69, 9.17) is 4.74 Å². The highest BCUT2D eigenvalue weighted by atomic mass is 19.1. The van der Waals surface area contributed by atoms with Crippen LogP contribution in [0.1, 0.15) is 18.4 Å². The molecular formula is C20H31FN4O2. The Kier molecular flexibility index (Phi) is 7.43. The fourth-order valence-electron chi connectivity index (χ4n) is 3.83. The Morgan fingerprint density at radius 1 is 1.15 bits per heavy atom. The van der Waals surface area contributed by atoms with E-state index in [0.29, 0.717) is 0 Å². The lowest BCUT2D eigenvalue weighted by Gasteiger charge is -2.37. The van der Waals surface area contributed by atoms with Crippen LogP contribution in [-0.2, 0) is 11.3 Å². The summed E-state index contributed by atoms with van der Waals surface area (Å²) in [6.45, 7) is 7.65. The Hall–Kier alpha value is -1.70. The van der Waals surface area contributed by atoms with Gasteiger partial charge in [0.2, 0.25) is 0 Å². The predicted octanol–water partition coefficient (Wildman–Crippen LogP) is 1.76. The average Bonchev–Trinajstić information content (AvgIpc) is 2.69. The molecule has 1 aromatic rings. The molecule has 0 aromatic heterocycles. The summed E-state index contributed by atoms with van der Waals surface area (Å²) in [5, 5.41) is 3.21. The van der Waals surface area contributed by atoms with Crippen molar-refractivity contribution in [1.82, 2.24) is 20.0 Å². The zero-order chi connectivity index (χ0) is 19.1. The molecule has 1 N–H and O–H groups in total. The number of urea groups is 1. The molecule has 2 aliphatic rings. The van der Waals surface area contributed by atoms with E-state index in [9.17, 15) is 9.18 Å². The first-order valence-corrected chi connectivity index (χ1v) is 9.87. The summed E-state index contributed by atoms with van der Waals surface area (Å²) < 4.78 is 18.2. The van der Waals surface area contributed by atoms with Crippen LogP contribution in [0.3, 0.4) is 0 Å². The van der Waals surface area contributed by atoms with Crippen molar-refractivity contribution in [2.24, 2.45) is 0 Å². The minimum absolute atomic E-state index is 0.0509. The van der Waals surface area contributed by atoms with E-state index in [1.165, 1.54) is 12.1 Å². The smallest absolute Gasteiger partial charge is 0.317 e. The average molecular weight is 378 g/mol. The van der Waals surface area contributed by atoms with E-state index >= 15 is 0 Å². The lowest BCUT2D eigenvalue weighted by atomic mass is 10.0. The molecule has 6 nitrogen and oxygen atoms in total. The number of rotatable bonds is 6. The Bertz CT molecular complexity index is 590. The molecule has 2 amide bonds. The number of carbonyl (C=O) groups is 1. The van der Waals surface area contributed by atoms with Crippen LogP contribution in [0.15, 0.2) is 24.3 Å². The molecule has 1 aromatic carbocycles. The molecule has 2 fully saturated rings. The van der Waals surface area contributed by atoms with Crippen LogP contribution < -0.4 is 5.32 Å². The minimum Gasteiger partial charge on any atom is -0.383 e. The zero-order valence-electron chi connectivity index (χ0n) is 16.2. The molecule has 0 bridgehead atoms. The van der Waals surface area contributed by atoms with Crippen molar-refractivity contribution in [3.63, 3.8) is 0 Å². The van der Waals surface area contributed by atoms with Crippen LogP contribution >= 0.6 is 0 Å². The van der Waals surface area contributed by atoms with Crippen molar-refractivity contribution in [2.75, 3.05) is 59.5 Å². The number of hydrogen-bond donors (Lipinski definition) is 1. The largest absolute Gasteiger partial charge is 0.383 e. The summed E-state index contributed by atoms with van der Waals surface area (Å²) in [7, 11) is 1.72. The summed E-state index contributed by atoms with van der Waals surface area (Å²) >= 11 is 0. The van der Waals surface area contributed by atoms with Crippen molar-refractivity contribution >= 4 is 6.03 Å². The van der Waals surface area contributed by atoms with E-state index in [1.54, 1.807) is 7.11 Å². The maximum Gasteiger partial charge on any atom is 0.317 e. The molecule has 2 saturated heterocycles. The number of piperazine rings is 1. The topological polar surface area (TPSA) is 48.1 Å². The number of piperidine rings is 1. The lowest BCUT2D eigenvalue weighted by molar-refractivity contribution is 0.102. The number of likely N-dealkylation sites (tertiary alicyclic amines) is 1. The number of nitrogens with one attached hydrogen (secondary N) is 1. The molecule has 3 rings (SSSR count). The molecule has 0 spiro atoms. The van der Waals surface area contributed by atoms with E-state index < -0.39 is 0 Å². The maximum atomic E-state index is 13.1. The molecular weight excluding hydrogens is 347 g/mol. The fraction of sp³-hybridized carbons (Fsp3) is 0.650. The van der Waals surface area contributed by atoms with Crippen molar-refractivity contribution in [3.05, 3.63) is 35.6 Å². The van der Waals surface area contributed by atoms with Gasteiger partial charge in [-0.15, -0.1) is 0 Å². The Labute approximate surface area is 161 Å². The number of methoxy groups -OCH3 is 1. The van der Waals surface area contributed by atoms with Gasteiger partial charge in [0.25, 0.3) is 0 Å². The van der Waals surface area contributed by atoms with E-state index in [2.05, 4.69) is 15.1 Å². The SMILES string of the molecule is COCCN1CCN(C(=O)N[C@H]2CCCN(Cc3ccc(F)cc3)C2)CC1. The fourth-order valence-corrected chi connectivity index (χ4v) is 3.83. The number of carbonyl (C=O) groups excluding carboxylic acids is 1. The first kappa shape index (κ1) is 20.0. The van der Waals surface area contributed by atoms with Crippen molar-refractivity contribution < 1.29 is 13.9 Å². The molecule has 2 heterocycles. The van der Waals surface area contributed by atoms with Gasteiger partial charge in [0, 0.05) is 59.0 Å². The zero-order valence-corrected chi connectivity index (χ0v) is 16.2. The lowest BCUT2D eigenvalue weighted by Crippen LogP contribution is -2.56. The molecule has 2 aliphatic heterocycles. The summed E-state index contributed by atoms with van der Waals surface area (Å²) in [5.41, 5.74) is 1.11. The second kappa shape index (κ2) is 10.0. The number of amides is 2. The summed E-state index contributed by atoms with van der Waals surface area (Å²) in [6.07, 6.45) is 2.08. The van der Waals surface area contributed by atoms with Gasteiger partial charge in [0.1, 0.15) is 5.82 Å². The van der Waals surface area contributed by atoms with E-state index in [-0.39, 0.29) is 17.9 Å². The summed E-state index contributed by atoms with van der Waals surface area (Å²) in [6, 6.07) is 6.91. The van der Waals surface area contributed by atoms with Gasteiger partial charge < -0.3 is 15.0 Å². The normalized spacial score (nSPS) is 22.0. The molecule has 27 heavy (non-hydrogen) atoms. The second-order valence-electron chi connectivity index (χ2n) is 7.47.